The van der Waals surface area contributed by atoms with Crippen LogP contribution < -0.4 is 4.74 Å². The molecule has 0 heterocycles. The van der Waals surface area contributed by atoms with Crippen molar-refractivity contribution in [2.45, 2.75) is 13.8 Å². The van der Waals surface area contributed by atoms with Gasteiger partial charge in [-0.1, -0.05) is 6.07 Å². The second kappa shape index (κ2) is 6.22. The molecule has 2 aromatic carbocycles. The van der Waals surface area contributed by atoms with Gasteiger partial charge in [-0.3, -0.25) is 4.99 Å². The summed E-state index contributed by atoms with van der Waals surface area (Å²) in [6.07, 6.45) is 1.65. The summed E-state index contributed by atoms with van der Waals surface area (Å²) in [5, 5.41) is 9.15. The zero-order valence-corrected chi connectivity index (χ0v) is 12.3. The lowest BCUT2D eigenvalue weighted by molar-refractivity contribution is 0.0693. The van der Waals surface area contributed by atoms with Crippen molar-refractivity contribution < 1.29 is 14.6 Å². The lowest BCUT2D eigenvalue weighted by atomic mass is 10.1. The molecular weight excluding hydrogens is 266 g/mol. The molecule has 0 aliphatic carbocycles. The molecule has 4 heteroatoms. The highest BCUT2D eigenvalue weighted by atomic mass is 16.5. The summed E-state index contributed by atoms with van der Waals surface area (Å²) in [6.45, 7) is 4.08. The van der Waals surface area contributed by atoms with Crippen LogP contribution in [0, 0.1) is 13.8 Å². The molecule has 2 rings (SSSR count). The number of benzene rings is 2. The van der Waals surface area contributed by atoms with Gasteiger partial charge in [0.15, 0.2) is 0 Å². The largest absolute Gasteiger partial charge is 0.496 e. The number of ether oxygens (including phenoxy) is 1. The molecule has 0 amide bonds. The minimum atomic E-state index is -1.02. The van der Waals surface area contributed by atoms with Crippen LogP contribution in [-0.4, -0.2) is 24.4 Å². The summed E-state index contributed by atoms with van der Waals surface area (Å²) in [5.41, 5.74) is 4.07. The third-order valence-corrected chi connectivity index (χ3v) is 3.31. The molecule has 108 valence electrons. The maximum atomic E-state index is 11.2. The second-order valence-electron chi connectivity index (χ2n) is 4.79. The Morgan fingerprint density at radius 3 is 2.52 bits per heavy atom. The number of nitrogens with zero attached hydrogens (tertiary/aromatic N) is 1. The Labute approximate surface area is 123 Å². The van der Waals surface area contributed by atoms with E-state index >= 15 is 0 Å². The molecule has 0 atom stereocenters. The Hall–Kier alpha value is -2.62. The highest BCUT2D eigenvalue weighted by Crippen LogP contribution is 2.20. The molecule has 2 aromatic rings. The van der Waals surface area contributed by atoms with Gasteiger partial charge in [-0.15, -0.1) is 0 Å². The van der Waals surface area contributed by atoms with Crippen LogP contribution in [0.3, 0.4) is 0 Å². The lowest BCUT2D eigenvalue weighted by Gasteiger charge is -2.05. The first kappa shape index (κ1) is 14.8. The number of aromatic carboxylic acids is 1. The highest BCUT2D eigenvalue weighted by molar-refractivity contribution is 5.94. The zero-order valence-electron chi connectivity index (χ0n) is 12.3. The molecule has 0 saturated heterocycles. The second-order valence-corrected chi connectivity index (χ2v) is 4.79. The molecule has 0 spiro atoms. The number of aryl methyl sites for hydroxylation is 2. The van der Waals surface area contributed by atoms with Gasteiger partial charge in [-0.05, 0) is 60.9 Å². The predicted molar refractivity (Wildman–Crippen MR) is 83.1 cm³/mol. The third kappa shape index (κ3) is 3.48. The molecule has 4 nitrogen and oxygen atoms in total. The fourth-order valence-electron chi connectivity index (χ4n) is 1.93. The molecule has 0 fully saturated rings. The summed E-state index contributed by atoms with van der Waals surface area (Å²) in [6, 6.07) is 10.9. The Morgan fingerprint density at radius 1 is 1.14 bits per heavy atom. The third-order valence-electron chi connectivity index (χ3n) is 3.31. The van der Waals surface area contributed by atoms with Gasteiger partial charge in [-0.2, -0.15) is 0 Å². The van der Waals surface area contributed by atoms with Crippen molar-refractivity contribution in [2.75, 3.05) is 7.11 Å². The topological polar surface area (TPSA) is 58.9 Å². The minimum absolute atomic E-state index is 0.126. The van der Waals surface area contributed by atoms with E-state index in [-0.39, 0.29) is 5.56 Å². The predicted octanol–water partition coefficient (Wildman–Crippen LogP) is 3.76. The van der Waals surface area contributed by atoms with Crippen LogP contribution in [-0.2, 0) is 0 Å². The summed E-state index contributed by atoms with van der Waals surface area (Å²) in [5.74, 6) is -0.681. The van der Waals surface area contributed by atoms with Crippen LogP contribution >= 0.6 is 0 Å². The molecule has 1 N–H and O–H groups in total. The van der Waals surface area contributed by atoms with E-state index in [4.69, 9.17) is 9.84 Å². The fourth-order valence-corrected chi connectivity index (χ4v) is 1.93. The Kier molecular flexibility index (Phi) is 4.38. The average Bonchev–Trinajstić information content (AvgIpc) is 2.48. The van der Waals surface area contributed by atoms with Crippen LogP contribution in [0.5, 0.6) is 5.75 Å². The van der Waals surface area contributed by atoms with Crippen molar-refractivity contribution in [3.05, 3.63) is 58.7 Å². The minimum Gasteiger partial charge on any atom is -0.496 e. The highest BCUT2D eigenvalue weighted by Gasteiger charge is 2.10. The van der Waals surface area contributed by atoms with Crippen molar-refractivity contribution in [1.82, 2.24) is 0 Å². The van der Waals surface area contributed by atoms with Crippen LogP contribution in [0.2, 0.25) is 0 Å². The van der Waals surface area contributed by atoms with Gasteiger partial charge >= 0.3 is 5.97 Å². The number of aliphatic imine (C=N–C) groups is 1. The standard InChI is InChI=1S/C17H17NO3/c1-11-4-6-14(8-12(11)2)18-10-13-5-7-16(21-3)15(9-13)17(19)20/h4-10H,1-3H3,(H,19,20). The quantitative estimate of drug-likeness (QED) is 0.869. The lowest BCUT2D eigenvalue weighted by Crippen LogP contribution is -2.01. The smallest absolute Gasteiger partial charge is 0.339 e. The van der Waals surface area contributed by atoms with Crippen molar-refractivity contribution in [1.29, 1.82) is 0 Å². The first-order valence-electron chi connectivity index (χ1n) is 6.54. The molecule has 0 aromatic heterocycles. The first-order chi connectivity index (χ1) is 10.0. The molecule has 0 radical (unpaired) electrons. The maximum Gasteiger partial charge on any atom is 0.339 e. The normalized spacial score (nSPS) is 10.8. The van der Waals surface area contributed by atoms with E-state index in [0.717, 1.165) is 5.69 Å². The van der Waals surface area contributed by atoms with E-state index in [0.29, 0.717) is 11.3 Å². The molecule has 0 aliphatic heterocycles. The van der Waals surface area contributed by atoms with Gasteiger partial charge in [0.25, 0.3) is 0 Å². The number of hydrogen-bond acceptors (Lipinski definition) is 3. The van der Waals surface area contributed by atoms with E-state index in [9.17, 15) is 4.79 Å². The maximum absolute atomic E-state index is 11.2. The van der Waals surface area contributed by atoms with Crippen LogP contribution in [0.1, 0.15) is 27.0 Å². The Balaban J connectivity index is 2.30. The fraction of sp³-hybridized carbons (Fsp3) is 0.176. The first-order valence-corrected chi connectivity index (χ1v) is 6.54. The number of methoxy groups -OCH3 is 1. The Bertz CT molecular complexity index is 705. The van der Waals surface area contributed by atoms with Gasteiger partial charge in [0.2, 0.25) is 0 Å². The van der Waals surface area contributed by atoms with Crippen molar-refractivity contribution >= 4 is 17.9 Å². The summed E-state index contributed by atoms with van der Waals surface area (Å²) < 4.78 is 5.03. The van der Waals surface area contributed by atoms with E-state index in [1.54, 1.807) is 24.4 Å². The molecule has 0 aliphatic rings. The van der Waals surface area contributed by atoms with Gasteiger partial charge in [0, 0.05) is 6.21 Å². The summed E-state index contributed by atoms with van der Waals surface area (Å²) in [4.78, 5) is 15.5. The van der Waals surface area contributed by atoms with E-state index in [1.807, 2.05) is 32.0 Å². The summed E-state index contributed by atoms with van der Waals surface area (Å²) in [7, 11) is 1.45. The van der Waals surface area contributed by atoms with Crippen LogP contribution in [0.25, 0.3) is 0 Å². The number of hydrogen-bond donors (Lipinski definition) is 1. The number of carboxylic acid groups (broad SMARTS) is 1. The summed E-state index contributed by atoms with van der Waals surface area (Å²) >= 11 is 0. The molecule has 0 saturated carbocycles. The van der Waals surface area contributed by atoms with Gasteiger partial charge in [-0.25, -0.2) is 4.79 Å². The van der Waals surface area contributed by atoms with E-state index in [1.165, 1.54) is 18.2 Å². The number of carboxylic acids is 1. The zero-order chi connectivity index (χ0) is 15.4. The molecule has 0 bridgehead atoms. The average molecular weight is 283 g/mol. The Morgan fingerprint density at radius 2 is 1.90 bits per heavy atom. The van der Waals surface area contributed by atoms with Crippen molar-refractivity contribution in [3.63, 3.8) is 0 Å². The van der Waals surface area contributed by atoms with Crippen molar-refractivity contribution in [3.8, 4) is 5.75 Å². The van der Waals surface area contributed by atoms with Crippen molar-refractivity contribution in [2.24, 2.45) is 4.99 Å². The SMILES string of the molecule is COc1ccc(C=Nc2ccc(C)c(C)c2)cc1C(=O)O. The molecular formula is C17H17NO3. The number of rotatable bonds is 4. The molecule has 21 heavy (non-hydrogen) atoms. The van der Waals surface area contributed by atoms with Crippen LogP contribution in [0.4, 0.5) is 5.69 Å². The van der Waals surface area contributed by atoms with E-state index < -0.39 is 5.97 Å². The number of carbonyl (C=O) groups is 1. The van der Waals surface area contributed by atoms with Gasteiger partial charge < -0.3 is 9.84 Å². The molecule has 0 unspecified atom stereocenters. The van der Waals surface area contributed by atoms with Crippen LogP contribution in [0.15, 0.2) is 41.4 Å². The van der Waals surface area contributed by atoms with Gasteiger partial charge in [0.1, 0.15) is 11.3 Å². The van der Waals surface area contributed by atoms with Gasteiger partial charge in [0.05, 0.1) is 12.8 Å². The van der Waals surface area contributed by atoms with E-state index in [2.05, 4.69) is 4.99 Å². The monoisotopic (exact) mass is 283 g/mol.